The minimum Gasteiger partial charge on any atom is -0.497 e. The van der Waals surface area contributed by atoms with Crippen LogP contribution in [0.4, 0.5) is 5.88 Å². The van der Waals surface area contributed by atoms with Crippen molar-refractivity contribution in [1.82, 2.24) is 0 Å². The fourth-order valence-corrected chi connectivity index (χ4v) is 1.67. The Labute approximate surface area is 110 Å². The lowest BCUT2D eigenvalue weighted by atomic mass is 10.1. The van der Waals surface area contributed by atoms with E-state index in [2.05, 4.69) is 5.32 Å². The van der Waals surface area contributed by atoms with Crippen LogP contribution in [0.3, 0.4) is 0 Å². The van der Waals surface area contributed by atoms with Crippen molar-refractivity contribution in [2.24, 2.45) is 0 Å². The van der Waals surface area contributed by atoms with Gasteiger partial charge >= 0.3 is 5.97 Å². The van der Waals surface area contributed by atoms with Gasteiger partial charge in [0.2, 0.25) is 5.76 Å². The standard InChI is InChI=1S/C14H15NO4/c1-18-11-4-2-10(3-5-11)8-9-15-13-7-6-12(19-13)14(16)17/h2-7,15H,8-9H2,1H3,(H,16,17). The summed E-state index contributed by atoms with van der Waals surface area (Å²) >= 11 is 0. The first-order valence-corrected chi connectivity index (χ1v) is 5.89. The number of benzene rings is 1. The van der Waals surface area contributed by atoms with Crippen LogP contribution in [0.25, 0.3) is 0 Å². The van der Waals surface area contributed by atoms with Gasteiger partial charge < -0.3 is 19.6 Å². The highest BCUT2D eigenvalue weighted by Crippen LogP contribution is 2.14. The second-order valence-corrected chi connectivity index (χ2v) is 3.99. The van der Waals surface area contributed by atoms with Gasteiger partial charge in [-0.15, -0.1) is 0 Å². The van der Waals surface area contributed by atoms with Crippen molar-refractivity contribution in [3.8, 4) is 5.75 Å². The van der Waals surface area contributed by atoms with E-state index in [1.807, 2.05) is 24.3 Å². The summed E-state index contributed by atoms with van der Waals surface area (Å²) in [5.41, 5.74) is 1.17. The lowest BCUT2D eigenvalue weighted by molar-refractivity contribution is 0.0663. The summed E-state index contributed by atoms with van der Waals surface area (Å²) in [6, 6.07) is 10.8. The molecule has 5 heteroatoms. The Morgan fingerprint density at radius 3 is 2.58 bits per heavy atom. The Hall–Kier alpha value is -2.43. The minimum atomic E-state index is -1.07. The van der Waals surface area contributed by atoms with Crippen molar-refractivity contribution in [2.75, 3.05) is 19.0 Å². The number of carboxylic acid groups (broad SMARTS) is 1. The van der Waals surface area contributed by atoms with Crippen molar-refractivity contribution >= 4 is 11.9 Å². The molecule has 2 aromatic rings. The molecule has 1 heterocycles. The number of furan rings is 1. The molecule has 1 aromatic carbocycles. The Bertz CT molecular complexity index is 545. The number of aromatic carboxylic acids is 1. The quantitative estimate of drug-likeness (QED) is 0.836. The van der Waals surface area contributed by atoms with E-state index in [9.17, 15) is 4.79 Å². The molecule has 100 valence electrons. The van der Waals surface area contributed by atoms with E-state index >= 15 is 0 Å². The van der Waals surface area contributed by atoms with Gasteiger partial charge in [-0.05, 0) is 30.2 Å². The van der Waals surface area contributed by atoms with Gasteiger partial charge in [0.15, 0.2) is 5.88 Å². The van der Waals surface area contributed by atoms with Gasteiger partial charge in [0.25, 0.3) is 0 Å². The normalized spacial score (nSPS) is 10.2. The van der Waals surface area contributed by atoms with Crippen LogP contribution in [0, 0.1) is 0 Å². The molecule has 0 aliphatic heterocycles. The van der Waals surface area contributed by atoms with Crippen molar-refractivity contribution in [2.45, 2.75) is 6.42 Å². The second-order valence-electron chi connectivity index (χ2n) is 3.99. The van der Waals surface area contributed by atoms with E-state index in [0.29, 0.717) is 12.4 Å². The molecule has 5 nitrogen and oxygen atoms in total. The van der Waals surface area contributed by atoms with Crippen LogP contribution in [-0.2, 0) is 6.42 Å². The van der Waals surface area contributed by atoms with Crippen LogP contribution in [-0.4, -0.2) is 24.7 Å². The number of hydrogen-bond donors (Lipinski definition) is 2. The molecule has 2 rings (SSSR count). The summed E-state index contributed by atoms with van der Waals surface area (Å²) in [5, 5.41) is 11.8. The number of hydrogen-bond acceptors (Lipinski definition) is 4. The number of nitrogens with one attached hydrogen (secondary N) is 1. The van der Waals surface area contributed by atoms with Crippen molar-refractivity contribution < 1.29 is 19.1 Å². The summed E-state index contributed by atoms with van der Waals surface area (Å²) < 4.78 is 10.2. The Morgan fingerprint density at radius 1 is 1.26 bits per heavy atom. The van der Waals surface area contributed by atoms with Crippen LogP contribution < -0.4 is 10.1 Å². The highest BCUT2D eigenvalue weighted by Gasteiger charge is 2.08. The van der Waals surface area contributed by atoms with E-state index in [1.54, 1.807) is 13.2 Å². The highest BCUT2D eigenvalue weighted by atomic mass is 16.5. The molecule has 0 unspecified atom stereocenters. The first-order valence-electron chi connectivity index (χ1n) is 5.89. The summed E-state index contributed by atoms with van der Waals surface area (Å²) in [7, 11) is 1.63. The SMILES string of the molecule is COc1ccc(CCNc2ccc(C(=O)O)o2)cc1. The maximum atomic E-state index is 10.6. The molecule has 0 bridgehead atoms. The highest BCUT2D eigenvalue weighted by molar-refractivity contribution is 5.84. The zero-order chi connectivity index (χ0) is 13.7. The van der Waals surface area contributed by atoms with Crippen molar-refractivity contribution in [1.29, 1.82) is 0 Å². The Balaban J connectivity index is 1.83. The van der Waals surface area contributed by atoms with Crippen LogP contribution in [0.15, 0.2) is 40.8 Å². The van der Waals surface area contributed by atoms with Gasteiger partial charge in [0.05, 0.1) is 7.11 Å². The lowest BCUT2D eigenvalue weighted by Crippen LogP contribution is -2.04. The molecule has 19 heavy (non-hydrogen) atoms. The summed E-state index contributed by atoms with van der Waals surface area (Å²) in [4.78, 5) is 10.6. The molecule has 0 fully saturated rings. The average Bonchev–Trinajstić information content (AvgIpc) is 2.89. The molecule has 0 saturated heterocycles. The average molecular weight is 261 g/mol. The van der Waals surface area contributed by atoms with Gasteiger partial charge in [-0.1, -0.05) is 12.1 Å². The predicted molar refractivity (Wildman–Crippen MR) is 70.9 cm³/mol. The lowest BCUT2D eigenvalue weighted by Gasteiger charge is -2.04. The number of rotatable bonds is 6. The number of anilines is 1. The molecular formula is C14H15NO4. The van der Waals surface area contributed by atoms with E-state index in [4.69, 9.17) is 14.3 Å². The van der Waals surface area contributed by atoms with Crippen LogP contribution in [0.1, 0.15) is 16.1 Å². The molecule has 0 saturated carbocycles. The molecular weight excluding hydrogens is 246 g/mol. The third-order valence-electron chi connectivity index (χ3n) is 2.69. The summed E-state index contributed by atoms with van der Waals surface area (Å²) in [6.07, 6.45) is 0.813. The zero-order valence-corrected chi connectivity index (χ0v) is 10.6. The van der Waals surface area contributed by atoms with Crippen molar-refractivity contribution in [3.63, 3.8) is 0 Å². The third-order valence-corrected chi connectivity index (χ3v) is 2.69. The van der Waals surface area contributed by atoms with Gasteiger partial charge in [0.1, 0.15) is 5.75 Å². The predicted octanol–water partition coefficient (Wildman–Crippen LogP) is 2.64. The summed E-state index contributed by atoms with van der Waals surface area (Å²) in [6.45, 7) is 0.666. The molecule has 0 spiro atoms. The first kappa shape index (κ1) is 13.0. The molecule has 0 radical (unpaired) electrons. The van der Waals surface area contributed by atoms with Gasteiger partial charge in [0, 0.05) is 12.6 Å². The minimum absolute atomic E-state index is 0.0630. The topological polar surface area (TPSA) is 71.7 Å². The molecule has 0 aliphatic rings. The maximum Gasteiger partial charge on any atom is 0.371 e. The molecule has 2 N–H and O–H groups in total. The number of carboxylic acids is 1. The largest absolute Gasteiger partial charge is 0.497 e. The molecule has 0 atom stereocenters. The van der Waals surface area contributed by atoms with Crippen LogP contribution in [0.2, 0.25) is 0 Å². The van der Waals surface area contributed by atoms with Gasteiger partial charge in [-0.2, -0.15) is 0 Å². The van der Waals surface area contributed by atoms with Gasteiger partial charge in [-0.3, -0.25) is 0 Å². The monoisotopic (exact) mass is 261 g/mol. The van der Waals surface area contributed by atoms with Gasteiger partial charge in [-0.25, -0.2) is 4.79 Å². The third kappa shape index (κ3) is 3.51. The van der Waals surface area contributed by atoms with E-state index in [0.717, 1.165) is 12.2 Å². The van der Waals surface area contributed by atoms with E-state index in [-0.39, 0.29) is 5.76 Å². The smallest absolute Gasteiger partial charge is 0.371 e. The molecule has 0 aliphatic carbocycles. The number of ether oxygens (including phenoxy) is 1. The van der Waals surface area contributed by atoms with E-state index < -0.39 is 5.97 Å². The fraction of sp³-hybridized carbons (Fsp3) is 0.214. The Morgan fingerprint density at radius 2 is 2.00 bits per heavy atom. The summed E-state index contributed by atoms with van der Waals surface area (Å²) in [5.74, 6) is 0.162. The van der Waals surface area contributed by atoms with Crippen molar-refractivity contribution in [3.05, 3.63) is 47.7 Å². The van der Waals surface area contributed by atoms with Crippen LogP contribution >= 0.6 is 0 Å². The molecule has 0 amide bonds. The zero-order valence-electron chi connectivity index (χ0n) is 10.6. The van der Waals surface area contributed by atoms with E-state index in [1.165, 1.54) is 11.6 Å². The Kier molecular flexibility index (Phi) is 4.07. The maximum absolute atomic E-state index is 10.6. The number of carbonyl (C=O) groups is 1. The first-order chi connectivity index (χ1) is 9.19. The number of methoxy groups -OCH3 is 1. The fourth-order valence-electron chi connectivity index (χ4n) is 1.67. The van der Waals surface area contributed by atoms with Crippen LogP contribution in [0.5, 0.6) is 5.75 Å². The second kappa shape index (κ2) is 5.95. The molecule has 1 aromatic heterocycles.